The molecule has 1 aliphatic carbocycles. The molecule has 0 saturated heterocycles. The average molecular weight is 449 g/mol. The van der Waals surface area contributed by atoms with Crippen LogP contribution in [-0.2, 0) is 4.79 Å². The number of fused-ring (bicyclic) bond motifs is 1. The van der Waals surface area contributed by atoms with Gasteiger partial charge in [0.15, 0.2) is 0 Å². The Morgan fingerprint density at radius 1 is 1.44 bits per heavy atom. The third kappa shape index (κ3) is 4.58. The quantitative estimate of drug-likeness (QED) is 0.356. The summed E-state index contributed by atoms with van der Waals surface area (Å²) in [5.74, 6) is 0.957. The van der Waals surface area contributed by atoms with Crippen molar-refractivity contribution in [3.05, 3.63) is 59.0 Å². The summed E-state index contributed by atoms with van der Waals surface area (Å²) < 4.78 is 4.12. The molecule has 164 valence electrons. The molecule has 2 atom stereocenters. The molecule has 0 spiro atoms. The van der Waals surface area contributed by atoms with Crippen molar-refractivity contribution in [1.82, 2.24) is 14.3 Å². The Morgan fingerprint density at radius 3 is 3.00 bits per heavy atom. The second-order valence-electron chi connectivity index (χ2n) is 7.70. The van der Waals surface area contributed by atoms with Crippen molar-refractivity contribution in [2.24, 2.45) is 10.9 Å². The molecule has 1 amide bonds. The van der Waals surface area contributed by atoms with Crippen LogP contribution in [-0.4, -0.2) is 38.7 Å². The van der Waals surface area contributed by atoms with Crippen molar-refractivity contribution in [2.45, 2.75) is 25.7 Å². The van der Waals surface area contributed by atoms with Gasteiger partial charge in [-0.2, -0.15) is 0 Å². The lowest BCUT2D eigenvalue weighted by Gasteiger charge is -2.11. The number of nitrogens with zero attached hydrogens (tertiary/aromatic N) is 4. The Labute approximate surface area is 189 Å². The molecular formula is C23H24N6O2S. The van der Waals surface area contributed by atoms with Crippen LogP contribution in [0.3, 0.4) is 0 Å². The predicted octanol–water partition coefficient (Wildman–Crippen LogP) is 3.78. The van der Waals surface area contributed by atoms with E-state index in [-0.39, 0.29) is 24.3 Å². The number of nitrogens with one attached hydrogen (secondary N) is 1. The van der Waals surface area contributed by atoms with Crippen LogP contribution >= 0.6 is 11.5 Å². The minimum atomic E-state index is -0.0570. The highest BCUT2D eigenvalue weighted by Crippen LogP contribution is 2.48. The number of rotatable bonds is 8. The van der Waals surface area contributed by atoms with Gasteiger partial charge in [0.2, 0.25) is 5.91 Å². The van der Waals surface area contributed by atoms with E-state index >= 15 is 0 Å². The van der Waals surface area contributed by atoms with Crippen LogP contribution in [0.1, 0.15) is 36.9 Å². The first-order chi connectivity index (χ1) is 15.5. The van der Waals surface area contributed by atoms with Crippen molar-refractivity contribution >= 4 is 52.1 Å². The van der Waals surface area contributed by atoms with Gasteiger partial charge in [-0.05, 0) is 84.2 Å². The molecular weight excluding hydrogens is 424 g/mol. The van der Waals surface area contributed by atoms with Gasteiger partial charge >= 0.3 is 0 Å². The van der Waals surface area contributed by atoms with Crippen molar-refractivity contribution in [2.75, 3.05) is 17.7 Å². The number of allylic oxidation sites excluding steroid dienone is 2. The third-order valence-corrected chi connectivity index (χ3v) is 6.24. The smallest absolute Gasteiger partial charge is 0.229 e. The molecule has 9 heteroatoms. The van der Waals surface area contributed by atoms with Crippen molar-refractivity contribution < 1.29 is 9.90 Å². The lowest BCUT2D eigenvalue weighted by Crippen LogP contribution is -2.15. The van der Waals surface area contributed by atoms with Gasteiger partial charge in [0.05, 0.1) is 5.69 Å². The molecule has 1 fully saturated rings. The van der Waals surface area contributed by atoms with E-state index in [1.165, 1.54) is 11.5 Å². The lowest BCUT2D eigenvalue weighted by molar-refractivity contribution is -0.117. The Balaban J connectivity index is 1.60. The average Bonchev–Trinajstić information content (AvgIpc) is 3.41. The van der Waals surface area contributed by atoms with Gasteiger partial charge < -0.3 is 16.2 Å². The van der Waals surface area contributed by atoms with Gasteiger partial charge in [0.1, 0.15) is 11.6 Å². The van der Waals surface area contributed by atoms with Crippen LogP contribution in [0.4, 0.5) is 11.6 Å². The van der Waals surface area contributed by atoms with Crippen LogP contribution in [0.25, 0.3) is 16.3 Å². The fourth-order valence-electron chi connectivity index (χ4n) is 3.73. The summed E-state index contributed by atoms with van der Waals surface area (Å²) in [4.78, 5) is 25.3. The topological polar surface area (TPSA) is 126 Å². The molecule has 4 N–H and O–H groups in total. The largest absolute Gasteiger partial charge is 0.396 e. The SMILES string of the molecule is C=N/C=C\C(CCO)=C(/C)c1cc2cc(NC(=O)[C@@H]3C[C@H]3c3cnsc3)ncc2c(N)n1. The monoisotopic (exact) mass is 448 g/mol. The number of aliphatic imine (C=N–C) groups is 1. The van der Waals surface area contributed by atoms with E-state index in [4.69, 9.17) is 5.73 Å². The summed E-state index contributed by atoms with van der Waals surface area (Å²) in [6.45, 7) is 5.37. The van der Waals surface area contributed by atoms with Gasteiger partial charge in [-0.3, -0.25) is 9.79 Å². The van der Waals surface area contributed by atoms with E-state index in [9.17, 15) is 9.90 Å². The van der Waals surface area contributed by atoms with E-state index in [0.717, 1.165) is 28.5 Å². The molecule has 4 rings (SSSR count). The molecule has 0 aliphatic heterocycles. The van der Waals surface area contributed by atoms with Crippen LogP contribution in [0.2, 0.25) is 0 Å². The minimum absolute atomic E-state index is 0.000917. The zero-order valence-corrected chi connectivity index (χ0v) is 18.5. The Morgan fingerprint density at radius 2 is 2.28 bits per heavy atom. The minimum Gasteiger partial charge on any atom is -0.396 e. The number of carbonyl (C=O) groups is 1. The van der Waals surface area contributed by atoms with Crippen molar-refractivity contribution in [1.29, 1.82) is 0 Å². The third-order valence-electron chi connectivity index (χ3n) is 5.63. The van der Waals surface area contributed by atoms with E-state index in [1.807, 2.05) is 24.6 Å². The van der Waals surface area contributed by atoms with E-state index in [0.29, 0.717) is 29.1 Å². The molecule has 3 aromatic heterocycles. The molecule has 8 nitrogen and oxygen atoms in total. The number of carbonyl (C=O) groups excluding carboxylic acids is 1. The van der Waals surface area contributed by atoms with Crippen LogP contribution in [0, 0.1) is 5.92 Å². The summed E-state index contributed by atoms with van der Waals surface area (Å²) in [6.07, 6.45) is 8.11. The molecule has 32 heavy (non-hydrogen) atoms. The molecule has 0 unspecified atom stereocenters. The maximum Gasteiger partial charge on any atom is 0.229 e. The molecule has 3 aromatic rings. The number of amides is 1. The highest BCUT2D eigenvalue weighted by atomic mass is 32.1. The van der Waals surface area contributed by atoms with E-state index in [2.05, 4.69) is 31.4 Å². The Bertz CT molecular complexity index is 1220. The van der Waals surface area contributed by atoms with Crippen LogP contribution in [0.5, 0.6) is 0 Å². The number of nitrogen functional groups attached to an aromatic ring is 1. The van der Waals surface area contributed by atoms with Gasteiger partial charge in [-0.25, -0.2) is 14.3 Å². The molecule has 1 aliphatic rings. The standard InChI is InChI=1S/C23H24N6O2S/c1-13(14(4-6-30)3-5-25-2)20-7-15-8-21(26-11-19(15)22(24)28-20)29-23(31)18-9-17(18)16-10-27-32-12-16/h3,5,7-8,10-12,17-18,30H,2,4,6,9H2,1H3,(H2,24,28)(H,26,29,31)/b5-3-,14-13-/t17-,18+/m0/s1. The van der Waals surface area contributed by atoms with Gasteiger partial charge in [-0.1, -0.05) is 0 Å². The summed E-state index contributed by atoms with van der Waals surface area (Å²) in [5.41, 5.74) is 9.75. The second kappa shape index (κ2) is 9.37. The number of aromatic nitrogens is 3. The fourth-order valence-corrected chi connectivity index (χ4v) is 4.33. The molecule has 0 bridgehead atoms. The number of hydrogen-bond acceptors (Lipinski definition) is 8. The zero-order chi connectivity index (χ0) is 22.7. The second-order valence-corrected chi connectivity index (χ2v) is 8.36. The predicted molar refractivity (Wildman–Crippen MR) is 129 cm³/mol. The first-order valence-electron chi connectivity index (χ1n) is 10.2. The van der Waals surface area contributed by atoms with Crippen molar-refractivity contribution in [3.8, 4) is 0 Å². The number of pyridine rings is 2. The zero-order valence-electron chi connectivity index (χ0n) is 17.7. The molecule has 3 heterocycles. The molecule has 0 aromatic carbocycles. The highest BCUT2D eigenvalue weighted by molar-refractivity contribution is 7.03. The lowest BCUT2D eigenvalue weighted by atomic mass is 10.0. The normalized spacial score (nSPS) is 18.6. The highest BCUT2D eigenvalue weighted by Gasteiger charge is 2.44. The van der Waals surface area contributed by atoms with Gasteiger partial charge in [0, 0.05) is 41.9 Å². The first-order valence-corrected chi connectivity index (χ1v) is 11.0. The van der Waals surface area contributed by atoms with Crippen LogP contribution in [0.15, 0.2) is 52.7 Å². The maximum absolute atomic E-state index is 12.7. The first kappa shape index (κ1) is 21.8. The van der Waals surface area contributed by atoms with E-state index < -0.39 is 0 Å². The molecule has 1 saturated carbocycles. The maximum atomic E-state index is 12.7. The Hall–Kier alpha value is -3.43. The van der Waals surface area contributed by atoms with Gasteiger partial charge in [-0.15, -0.1) is 0 Å². The van der Waals surface area contributed by atoms with Gasteiger partial charge in [0.25, 0.3) is 0 Å². The van der Waals surface area contributed by atoms with E-state index in [1.54, 1.807) is 24.5 Å². The fraction of sp³-hybridized carbons (Fsp3) is 0.261. The number of hydrogen-bond donors (Lipinski definition) is 3. The van der Waals surface area contributed by atoms with Crippen LogP contribution < -0.4 is 11.1 Å². The summed E-state index contributed by atoms with van der Waals surface area (Å²) in [7, 11) is 0. The number of aliphatic hydroxyl groups excluding tert-OH is 1. The Kier molecular flexibility index (Phi) is 6.38. The van der Waals surface area contributed by atoms with Crippen molar-refractivity contribution in [3.63, 3.8) is 0 Å². The summed E-state index contributed by atoms with van der Waals surface area (Å²) in [5, 5.41) is 15.8. The number of nitrogens with two attached hydrogens (primary N) is 1. The summed E-state index contributed by atoms with van der Waals surface area (Å²) >= 11 is 1.40. The number of anilines is 2. The molecule has 0 radical (unpaired) electrons. The summed E-state index contributed by atoms with van der Waals surface area (Å²) in [6, 6.07) is 3.71. The number of aliphatic hydroxyl groups is 1.